The molecule has 3 rings (SSSR count). The maximum Gasteiger partial charge on any atom is 0.0729 e. The molecule has 0 spiro atoms. The van der Waals surface area contributed by atoms with E-state index in [-0.39, 0.29) is 11.8 Å². The van der Waals surface area contributed by atoms with Crippen molar-refractivity contribution >= 4 is 22.7 Å². The average Bonchev–Trinajstić information content (AvgIpc) is 2.74. The summed E-state index contributed by atoms with van der Waals surface area (Å²) < 4.78 is 0. The molecule has 1 saturated carbocycles. The first-order chi connectivity index (χ1) is 16.6. The largest absolute Gasteiger partial charge is 0.392 e. The quantitative estimate of drug-likeness (QED) is 0.618. The van der Waals surface area contributed by atoms with Crippen molar-refractivity contribution in [2.24, 2.45) is 0 Å². The topological polar surface area (TPSA) is 53.4 Å². The number of nitrogens with zero attached hydrogens (tertiary/aromatic N) is 4. The molecule has 1 aliphatic rings. The van der Waals surface area contributed by atoms with Crippen LogP contribution < -0.4 is 19.6 Å². The molecule has 0 unspecified atom stereocenters. The van der Waals surface area contributed by atoms with E-state index >= 15 is 0 Å². The summed E-state index contributed by atoms with van der Waals surface area (Å²) in [5, 5.41) is 23.6. The fraction of sp³-hybridized carbons (Fsp3) is 0.600. The van der Waals surface area contributed by atoms with Gasteiger partial charge in [-0.3, -0.25) is 0 Å². The van der Waals surface area contributed by atoms with E-state index in [1.807, 2.05) is 0 Å². The number of aliphatic hydroxyl groups excluding tert-OH is 2. The smallest absolute Gasteiger partial charge is 0.0729 e. The third kappa shape index (κ3) is 4.03. The van der Waals surface area contributed by atoms with Gasteiger partial charge in [0.25, 0.3) is 0 Å². The summed E-state index contributed by atoms with van der Waals surface area (Å²) in [7, 11) is 16.5. The van der Waals surface area contributed by atoms with Gasteiger partial charge in [0.15, 0.2) is 0 Å². The third-order valence-corrected chi connectivity index (χ3v) is 8.50. The minimum atomic E-state index is -0.678. The Morgan fingerprint density at radius 1 is 0.389 bits per heavy atom. The van der Waals surface area contributed by atoms with Crippen LogP contribution in [0.4, 0.5) is 22.7 Å². The Morgan fingerprint density at radius 3 is 0.861 bits per heavy atom. The normalized spacial score (nSPS) is 21.3. The number of aliphatic hydroxyl groups is 2. The van der Waals surface area contributed by atoms with Crippen LogP contribution in [0.3, 0.4) is 0 Å². The Bertz CT molecular complexity index is 1070. The minimum absolute atomic E-state index is 0.343. The standard InChI is InChI=1S/C30H48N4O2/c1-15-17(3)25(31(7)8)19(5)27(33(11)12)21(15)23-29(35)24(30(23)36)22-16(2)18(4)26(32(9)10)20(6)28(22)34(13)14/h23-24,29-30,35-36H,1-14H3. The molecule has 6 heteroatoms. The second-order valence-corrected chi connectivity index (χ2v) is 11.6. The number of hydrogen-bond acceptors (Lipinski definition) is 6. The van der Waals surface area contributed by atoms with Crippen molar-refractivity contribution in [1.82, 2.24) is 0 Å². The highest BCUT2D eigenvalue weighted by Crippen LogP contribution is 2.56. The SMILES string of the molecule is Cc1c(C)c(N(C)C)c(C)c(N(C)C)c1C1C(O)C(c2c(C)c(C)c(N(C)C)c(C)c2N(C)C)C1O. The van der Waals surface area contributed by atoms with Crippen LogP contribution in [0.15, 0.2) is 0 Å². The lowest BCUT2D eigenvalue weighted by Gasteiger charge is -2.50. The van der Waals surface area contributed by atoms with Gasteiger partial charge < -0.3 is 29.8 Å². The zero-order valence-electron chi connectivity index (χ0n) is 25.0. The van der Waals surface area contributed by atoms with Gasteiger partial charge in [-0.2, -0.15) is 0 Å². The van der Waals surface area contributed by atoms with Crippen LogP contribution in [0.2, 0.25) is 0 Å². The maximum atomic E-state index is 11.8. The van der Waals surface area contributed by atoms with E-state index in [0.29, 0.717) is 0 Å². The van der Waals surface area contributed by atoms with Gasteiger partial charge >= 0.3 is 0 Å². The Hall–Kier alpha value is -2.44. The first-order valence-corrected chi connectivity index (χ1v) is 12.9. The molecule has 1 fully saturated rings. The lowest BCUT2D eigenvalue weighted by molar-refractivity contribution is -0.0786. The molecule has 0 heterocycles. The zero-order chi connectivity index (χ0) is 27.5. The molecule has 0 radical (unpaired) electrons. The van der Waals surface area contributed by atoms with Crippen LogP contribution in [0.1, 0.15) is 56.3 Å². The highest BCUT2D eigenvalue weighted by atomic mass is 16.3. The van der Waals surface area contributed by atoms with Crippen molar-refractivity contribution < 1.29 is 10.2 Å². The minimum Gasteiger partial charge on any atom is -0.392 e. The lowest BCUT2D eigenvalue weighted by atomic mass is 9.60. The predicted molar refractivity (Wildman–Crippen MR) is 156 cm³/mol. The molecular formula is C30H48N4O2. The maximum absolute atomic E-state index is 11.8. The zero-order valence-corrected chi connectivity index (χ0v) is 25.0. The van der Waals surface area contributed by atoms with Gasteiger partial charge in [-0.15, -0.1) is 0 Å². The fourth-order valence-corrected chi connectivity index (χ4v) is 7.00. The Kier molecular flexibility index (Phi) is 7.65. The van der Waals surface area contributed by atoms with Crippen molar-refractivity contribution in [3.8, 4) is 0 Å². The van der Waals surface area contributed by atoms with Gasteiger partial charge in [0.05, 0.1) is 12.2 Å². The molecular weight excluding hydrogens is 448 g/mol. The van der Waals surface area contributed by atoms with Gasteiger partial charge in [0.1, 0.15) is 0 Å². The number of benzene rings is 2. The summed E-state index contributed by atoms with van der Waals surface area (Å²) in [6.07, 6.45) is -1.36. The Labute approximate surface area is 219 Å². The van der Waals surface area contributed by atoms with E-state index in [2.05, 4.69) is 118 Å². The van der Waals surface area contributed by atoms with E-state index in [1.165, 1.54) is 33.6 Å². The Balaban J connectivity index is 2.24. The van der Waals surface area contributed by atoms with Crippen LogP contribution in [-0.4, -0.2) is 78.8 Å². The van der Waals surface area contributed by atoms with E-state index in [4.69, 9.17) is 0 Å². The van der Waals surface area contributed by atoms with Gasteiger partial charge in [0, 0.05) is 91.0 Å². The average molecular weight is 497 g/mol. The van der Waals surface area contributed by atoms with Crippen molar-refractivity contribution in [1.29, 1.82) is 0 Å². The molecule has 0 amide bonds. The van der Waals surface area contributed by atoms with Crippen LogP contribution >= 0.6 is 0 Å². The van der Waals surface area contributed by atoms with Gasteiger partial charge in [-0.05, 0) is 86.1 Å². The van der Waals surface area contributed by atoms with Crippen molar-refractivity contribution in [3.05, 3.63) is 44.5 Å². The summed E-state index contributed by atoms with van der Waals surface area (Å²) in [4.78, 5) is 8.59. The van der Waals surface area contributed by atoms with Crippen molar-refractivity contribution in [3.63, 3.8) is 0 Å². The molecule has 2 aromatic carbocycles. The summed E-state index contributed by atoms with van der Waals surface area (Å²) in [6.45, 7) is 12.9. The number of rotatable bonds is 6. The molecule has 200 valence electrons. The van der Waals surface area contributed by atoms with E-state index in [9.17, 15) is 10.2 Å². The summed E-state index contributed by atoms with van der Waals surface area (Å²) in [6, 6.07) is 0. The first-order valence-electron chi connectivity index (χ1n) is 12.9. The summed E-state index contributed by atoms with van der Waals surface area (Å²) in [5.74, 6) is -0.686. The number of hydrogen-bond donors (Lipinski definition) is 2. The highest BCUT2D eigenvalue weighted by Gasteiger charge is 2.53. The lowest BCUT2D eigenvalue weighted by Crippen LogP contribution is -2.53. The molecule has 0 aliphatic heterocycles. The molecule has 0 aromatic heterocycles. The summed E-state index contributed by atoms with van der Waals surface area (Å²) >= 11 is 0. The van der Waals surface area contributed by atoms with Crippen molar-refractivity contribution in [2.75, 3.05) is 76.0 Å². The molecule has 6 nitrogen and oxygen atoms in total. The molecule has 0 atom stereocenters. The molecule has 2 N–H and O–H groups in total. The van der Waals surface area contributed by atoms with E-state index in [0.717, 1.165) is 33.6 Å². The van der Waals surface area contributed by atoms with Gasteiger partial charge in [-0.25, -0.2) is 0 Å². The Morgan fingerprint density at radius 2 is 0.639 bits per heavy atom. The second kappa shape index (κ2) is 9.79. The predicted octanol–water partition coefficient (Wildman–Crippen LogP) is 4.40. The van der Waals surface area contributed by atoms with Crippen LogP contribution in [-0.2, 0) is 0 Å². The van der Waals surface area contributed by atoms with Crippen molar-refractivity contribution in [2.45, 2.75) is 65.6 Å². The molecule has 36 heavy (non-hydrogen) atoms. The monoisotopic (exact) mass is 496 g/mol. The van der Waals surface area contributed by atoms with Crippen LogP contribution in [0.5, 0.6) is 0 Å². The van der Waals surface area contributed by atoms with E-state index < -0.39 is 12.2 Å². The number of anilines is 4. The summed E-state index contributed by atoms with van der Waals surface area (Å²) in [5.41, 5.74) is 13.8. The van der Waals surface area contributed by atoms with E-state index in [1.54, 1.807) is 0 Å². The molecule has 2 aromatic rings. The fourth-order valence-electron chi connectivity index (χ4n) is 7.00. The molecule has 0 bridgehead atoms. The van der Waals surface area contributed by atoms with Gasteiger partial charge in [0.2, 0.25) is 0 Å². The third-order valence-electron chi connectivity index (χ3n) is 8.50. The van der Waals surface area contributed by atoms with Gasteiger partial charge in [-0.1, -0.05) is 0 Å². The molecule has 0 saturated heterocycles. The second-order valence-electron chi connectivity index (χ2n) is 11.6. The first kappa shape index (κ1) is 28.1. The molecule has 1 aliphatic carbocycles. The van der Waals surface area contributed by atoms with Crippen LogP contribution in [0.25, 0.3) is 0 Å². The highest BCUT2D eigenvalue weighted by molar-refractivity contribution is 5.79. The van der Waals surface area contributed by atoms with Crippen LogP contribution in [0, 0.1) is 41.5 Å².